The number of carbonyl (C=O) groups is 1. The fourth-order valence-electron chi connectivity index (χ4n) is 2.76. The zero-order valence-electron chi connectivity index (χ0n) is 11.7. The van der Waals surface area contributed by atoms with Gasteiger partial charge >= 0.3 is 0 Å². The Kier molecular flexibility index (Phi) is 3.92. The first-order valence-corrected chi connectivity index (χ1v) is 7.12. The number of amides is 1. The summed E-state index contributed by atoms with van der Waals surface area (Å²) in [5, 5.41) is 11.9. The van der Waals surface area contributed by atoms with E-state index < -0.39 is 0 Å². The predicted molar refractivity (Wildman–Crippen MR) is 76.4 cm³/mol. The number of piperidine rings is 1. The summed E-state index contributed by atoms with van der Waals surface area (Å²) in [6, 6.07) is 9.49. The second-order valence-corrected chi connectivity index (χ2v) is 5.23. The number of benzene rings is 1. The largest absolute Gasteiger partial charge is 0.368 e. The number of primary amides is 1. The molecule has 1 atom stereocenters. The normalized spacial score (nSPS) is 19.5. The number of nitrogens with two attached hydrogens (primary N) is 1. The van der Waals surface area contributed by atoms with Crippen LogP contribution in [0.25, 0.3) is 5.69 Å². The Hall–Kier alpha value is -2.28. The van der Waals surface area contributed by atoms with Gasteiger partial charge in [-0.1, -0.05) is 24.6 Å². The number of nitrogens with zero attached hydrogens (tertiary/aromatic N) is 5. The highest BCUT2D eigenvalue weighted by Gasteiger charge is 2.28. The van der Waals surface area contributed by atoms with Crippen LogP contribution in [0.1, 0.15) is 25.1 Å². The first-order chi connectivity index (χ1) is 10.3. The molecule has 3 rings (SSSR count). The standard InChI is InChI=1S/C14H18N6O/c15-14(21)12-8-4-5-9-19(12)10-13-16-17-18-20(13)11-6-2-1-3-7-11/h1-3,6-7,12H,4-5,8-10H2,(H2,15,21). The van der Waals surface area contributed by atoms with Crippen molar-refractivity contribution in [1.82, 2.24) is 25.1 Å². The van der Waals surface area contributed by atoms with Gasteiger partial charge in [0.15, 0.2) is 5.82 Å². The Labute approximate surface area is 122 Å². The second-order valence-electron chi connectivity index (χ2n) is 5.23. The van der Waals surface area contributed by atoms with Gasteiger partial charge in [0.2, 0.25) is 5.91 Å². The molecule has 1 aliphatic rings. The van der Waals surface area contributed by atoms with Gasteiger partial charge in [-0.2, -0.15) is 4.68 Å². The number of tetrazole rings is 1. The lowest BCUT2D eigenvalue weighted by Crippen LogP contribution is -2.47. The molecule has 2 N–H and O–H groups in total. The van der Waals surface area contributed by atoms with Crippen molar-refractivity contribution in [2.75, 3.05) is 6.54 Å². The maximum atomic E-state index is 11.6. The number of hydrogen-bond donors (Lipinski definition) is 1. The van der Waals surface area contributed by atoms with Crippen LogP contribution >= 0.6 is 0 Å². The summed E-state index contributed by atoms with van der Waals surface area (Å²) in [4.78, 5) is 13.6. The fourth-order valence-corrected chi connectivity index (χ4v) is 2.76. The highest BCUT2D eigenvalue weighted by Crippen LogP contribution is 2.19. The molecule has 1 amide bonds. The molecule has 1 aromatic carbocycles. The molecule has 1 fully saturated rings. The lowest BCUT2D eigenvalue weighted by Gasteiger charge is -2.32. The third-order valence-corrected chi connectivity index (χ3v) is 3.82. The number of rotatable bonds is 4. The minimum Gasteiger partial charge on any atom is -0.368 e. The zero-order valence-corrected chi connectivity index (χ0v) is 11.7. The summed E-state index contributed by atoms with van der Waals surface area (Å²) < 4.78 is 1.70. The van der Waals surface area contributed by atoms with Gasteiger partial charge in [-0.05, 0) is 41.9 Å². The number of para-hydroxylation sites is 1. The molecule has 1 unspecified atom stereocenters. The van der Waals surface area contributed by atoms with Crippen LogP contribution in [0.15, 0.2) is 30.3 Å². The molecular formula is C14H18N6O. The van der Waals surface area contributed by atoms with E-state index in [1.807, 2.05) is 30.3 Å². The van der Waals surface area contributed by atoms with Crippen molar-refractivity contribution in [2.24, 2.45) is 5.73 Å². The molecule has 1 saturated heterocycles. The maximum Gasteiger partial charge on any atom is 0.234 e. The van der Waals surface area contributed by atoms with E-state index >= 15 is 0 Å². The molecule has 2 aromatic rings. The molecule has 2 heterocycles. The number of aromatic nitrogens is 4. The van der Waals surface area contributed by atoms with Gasteiger partial charge in [0, 0.05) is 0 Å². The van der Waals surface area contributed by atoms with E-state index in [1.54, 1.807) is 4.68 Å². The quantitative estimate of drug-likeness (QED) is 0.884. The van der Waals surface area contributed by atoms with Gasteiger partial charge in [-0.25, -0.2) is 0 Å². The second kappa shape index (κ2) is 6.01. The molecule has 1 aliphatic heterocycles. The minimum absolute atomic E-state index is 0.223. The number of likely N-dealkylation sites (tertiary alicyclic amines) is 1. The van der Waals surface area contributed by atoms with Crippen LogP contribution in [0.5, 0.6) is 0 Å². The van der Waals surface area contributed by atoms with Crippen molar-refractivity contribution in [2.45, 2.75) is 31.8 Å². The highest BCUT2D eigenvalue weighted by molar-refractivity contribution is 5.79. The van der Waals surface area contributed by atoms with Gasteiger partial charge in [0.05, 0.1) is 18.3 Å². The molecule has 21 heavy (non-hydrogen) atoms. The summed E-state index contributed by atoms with van der Waals surface area (Å²) in [6.45, 7) is 1.37. The van der Waals surface area contributed by atoms with Crippen LogP contribution in [-0.4, -0.2) is 43.6 Å². The summed E-state index contributed by atoms with van der Waals surface area (Å²) in [5.74, 6) is 0.447. The van der Waals surface area contributed by atoms with Crippen LogP contribution in [0.2, 0.25) is 0 Å². The predicted octanol–water partition coefficient (Wildman–Crippen LogP) is 0.502. The van der Waals surface area contributed by atoms with Gasteiger partial charge < -0.3 is 5.73 Å². The van der Waals surface area contributed by atoms with Crippen molar-refractivity contribution < 1.29 is 4.79 Å². The van der Waals surface area contributed by atoms with Gasteiger partial charge in [0.1, 0.15) is 0 Å². The van der Waals surface area contributed by atoms with Crippen LogP contribution in [0, 0.1) is 0 Å². The first-order valence-electron chi connectivity index (χ1n) is 7.12. The van der Waals surface area contributed by atoms with E-state index in [4.69, 9.17) is 5.73 Å². The van der Waals surface area contributed by atoms with Crippen molar-refractivity contribution in [3.63, 3.8) is 0 Å². The SMILES string of the molecule is NC(=O)C1CCCCN1Cc1nnnn1-c1ccccc1. The molecule has 110 valence electrons. The van der Waals surface area contributed by atoms with E-state index in [0.717, 1.165) is 31.5 Å². The maximum absolute atomic E-state index is 11.6. The molecule has 0 spiro atoms. The average Bonchev–Trinajstić information content (AvgIpc) is 2.96. The molecule has 0 radical (unpaired) electrons. The molecule has 7 heteroatoms. The molecule has 7 nitrogen and oxygen atoms in total. The number of hydrogen-bond acceptors (Lipinski definition) is 5. The number of carbonyl (C=O) groups excluding carboxylic acids is 1. The topological polar surface area (TPSA) is 89.9 Å². The van der Waals surface area contributed by atoms with Crippen LogP contribution in [0.3, 0.4) is 0 Å². The van der Waals surface area contributed by atoms with Gasteiger partial charge in [-0.3, -0.25) is 9.69 Å². The Morgan fingerprint density at radius 2 is 2.10 bits per heavy atom. The molecular weight excluding hydrogens is 268 g/mol. The van der Waals surface area contributed by atoms with Crippen LogP contribution in [0.4, 0.5) is 0 Å². The third kappa shape index (κ3) is 2.92. The van der Waals surface area contributed by atoms with Crippen molar-refractivity contribution >= 4 is 5.91 Å². The van der Waals surface area contributed by atoms with Crippen LogP contribution < -0.4 is 5.73 Å². The monoisotopic (exact) mass is 286 g/mol. The molecule has 0 aliphatic carbocycles. The van der Waals surface area contributed by atoms with Crippen LogP contribution in [-0.2, 0) is 11.3 Å². The summed E-state index contributed by atoms with van der Waals surface area (Å²) in [5.41, 5.74) is 6.40. The molecule has 1 aromatic heterocycles. The Morgan fingerprint density at radius 3 is 2.86 bits per heavy atom. The lowest BCUT2D eigenvalue weighted by molar-refractivity contribution is -0.124. The Balaban J connectivity index is 1.82. The van der Waals surface area contributed by atoms with Gasteiger partial charge in [0.25, 0.3) is 0 Å². The summed E-state index contributed by atoms with van der Waals surface area (Å²) >= 11 is 0. The molecule has 0 bridgehead atoms. The Morgan fingerprint density at radius 1 is 1.29 bits per heavy atom. The fraction of sp³-hybridized carbons (Fsp3) is 0.429. The summed E-state index contributed by atoms with van der Waals surface area (Å²) in [7, 11) is 0. The zero-order chi connectivity index (χ0) is 14.7. The van der Waals surface area contributed by atoms with E-state index in [0.29, 0.717) is 12.4 Å². The minimum atomic E-state index is -0.270. The first kappa shape index (κ1) is 13.7. The summed E-state index contributed by atoms with van der Waals surface area (Å²) in [6.07, 6.45) is 2.91. The third-order valence-electron chi connectivity index (χ3n) is 3.82. The van der Waals surface area contributed by atoms with E-state index in [2.05, 4.69) is 20.4 Å². The highest BCUT2D eigenvalue weighted by atomic mass is 16.1. The Bertz CT molecular complexity index is 611. The lowest BCUT2D eigenvalue weighted by atomic mass is 10.0. The van der Waals surface area contributed by atoms with Crippen molar-refractivity contribution in [1.29, 1.82) is 0 Å². The van der Waals surface area contributed by atoms with E-state index in [9.17, 15) is 4.79 Å². The van der Waals surface area contributed by atoms with E-state index in [1.165, 1.54) is 0 Å². The van der Waals surface area contributed by atoms with E-state index in [-0.39, 0.29) is 11.9 Å². The van der Waals surface area contributed by atoms with Crippen molar-refractivity contribution in [3.05, 3.63) is 36.2 Å². The smallest absolute Gasteiger partial charge is 0.234 e. The average molecular weight is 286 g/mol. The molecule has 0 saturated carbocycles. The van der Waals surface area contributed by atoms with Crippen molar-refractivity contribution in [3.8, 4) is 5.69 Å². The van der Waals surface area contributed by atoms with Gasteiger partial charge in [-0.15, -0.1) is 5.10 Å².